The molecule has 0 bridgehead atoms. The highest BCUT2D eigenvalue weighted by Crippen LogP contribution is 2.33. The Morgan fingerprint density at radius 2 is 2.16 bits per heavy atom. The molecular weight excluding hydrogens is 262 g/mol. The molecule has 0 aromatic carbocycles. The van der Waals surface area contributed by atoms with Gasteiger partial charge in [-0.3, -0.25) is 9.69 Å². The fourth-order valence-electron chi connectivity index (χ4n) is 2.37. The third kappa shape index (κ3) is 2.36. The number of hydrogen-bond donors (Lipinski definition) is 0. The average molecular weight is 279 g/mol. The highest BCUT2D eigenvalue weighted by molar-refractivity contribution is 7.17. The minimum atomic E-state index is 0.0164. The second-order valence-corrected chi connectivity index (χ2v) is 6.27. The molecule has 1 aliphatic carbocycles. The number of Topliss-reactive ketones (excluding diaryl/α,β-unsaturated/α-hetero) is 1. The minimum absolute atomic E-state index is 0.0164. The summed E-state index contributed by atoms with van der Waals surface area (Å²) in [5.74, 6) is 0.720. The van der Waals surface area contributed by atoms with Gasteiger partial charge in [0.05, 0.1) is 10.6 Å². The van der Waals surface area contributed by atoms with E-state index in [4.69, 9.17) is 0 Å². The van der Waals surface area contributed by atoms with E-state index < -0.39 is 0 Å². The van der Waals surface area contributed by atoms with Crippen molar-refractivity contribution in [2.75, 3.05) is 24.5 Å². The molecule has 1 aromatic rings. The van der Waals surface area contributed by atoms with Gasteiger partial charge in [0.25, 0.3) is 0 Å². The molecule has 0 N–H and O–H groups in total. The SMILES string of the molecule is CC(=O)c1sc(N2CCN(CC3CC3)C2=O)nc1C. The molecule has 3 rings (SSSR count). The van der Waals surface area contributed by atoms with Crippen LogP contribution in [0.1, 0.15) is 35.1 Å². The third-order valence-electron chi connectivity index (χ3n) is 3.61. The first-order valence-corrected chi connectivity index (χ1v) is 7.42. The van der Waals surface area contributed by atoms with E-state index >= 15 is 0 Å². The van der Waals surface area contributed by atoms with Crippen LogP contribution in [0.4, 0.5) is 9.93 Å². The monoisotopic (exact) mass is 279 g/mol. The van der Waals surface area contributed by atoms with Crippen LogP contribution in [0, 0.1) is 12.8 Å². The van der Waals surface area contributed by atoms with E-state index in [0.717, 1.165) is 18.8 Å². The van der Waals surface area contributed by atoms with E-state index in [-0.39, 0.29) is 11.8 Å². The van der Waals surface area contributed by atoms with Gasteiger partial charge in [0.1, 0.15) is 0 Å². The summed E-state index contributed by atoms with van der Waals surface area (Å²) >= 11 is 1.32. The van der Waals surface area contributed by atoms with Gasteiger partial charge in [-0.1, -0.05) is 11.3 Å². The molecule has 1 aromatic heterocycles. The van der Waals surface area contributed by atoms with Crippen LogP contribution < -0.4 is 4.90 Å². The van der Waals surface area contributed by atoms with Gasteiger partial charge in [0.15, 0.2) is 10.9 Å². The van der Waals surface area contributed by atoms with Gasteiger partial charge < -0.3 is 4.90 Å². The number of amides is 2. The molecular formula is C13H17N3O2S. The minimum Gasteiger partial charge on any atom is -0.322 e. The maximum absolute atomic E-state index is 12.3. The number of aryl methyl sites for hydroxylation is 1. The number of hydrogen-bond acceptors (Lipinski definition) is 4. The largest absolute Gasteiger partial charge is 0.326 e. The Hall–Kier alpha value is -1.43. The van der Waals surface area contributed by atoms with Gasteiger partial charge in [-0.15, -0.1) is 0 Å². The van der Waals surface area contributed by atoms with E-state index in [1.54, 1.807) is 4.90 Å². The first kappa shape index (κ1) is 12.6. The van der Waals surface area contributed by atoms with Crippen molar-refractivity contribution in [3.63, 3.8) is 0 Å². The predicted molar refractivity (Wildman–Crippen MR) is 73.9 cm³/mol. The lowest BCUT2D eigenvalue weighted by Crippen LogP contribution is -2.33. The summed E-state index contributed by atoms with van der Waals surface area (Å²) in [6.07, 6.45) is 2.49. The van der Waals surface area contributed by atoms with Crippen molar-refractivity contribution >= 4 is 28.3 Å². The summed E-state index contributed by atoms with van der Waals surface area (Å²) in [5.41, 5.74) is 0.723. The first-order valence-electron chi connectivity index (χ1n) is 6.61. The zero-order valence-electron chi connectivity index (χ0n) is 11.2. The number of urea groups is 1. The van der Waals surface area contributed by atoms with Gasteiger partial charge in [-0.05, 0) is 25.7 Å². The molecule has 5 nitrogen and oxygen atoms in total. The highest BCUT2D eigenvalue weighted by Gasteiger charge is 2.35. The molecule has 1 aliphatic heterocycles. The summed E-state index contributed by atoms with van der Waals surface area (Å²) < 4.78 is 0. The number of carbonyl (C=O) groups is 2. The topological polar surface area (TPSA) is 53.5 Å². The second-order valence-electron chi connectivity index (χ2n) is 5.29. The molecule has 2 amide bonds. The van der Waals surface area contributed by atoms with E-state index in [1.807, 2.05) is 11.8 Å². The molecule has 0 unspecified atom stereocenters. The van der Waals surface area contributed by atoms with Gasteiger partial charge >= 0.3 is 6.03 Å². The summed E-state index contributed by atoms with van der Waals surface area (Å²) in [6.45, 7) is 5.67. The van der Waals surface area contributed by atoms with Crippen LogP contribution in [0.5, 0.6) is 0 Å². The van der Waals surface area contributed by atoms with Crippen molar-refractivity contribution in [2.24, 2.45) is 5.92 Å². The molecule has 0 spiro atoms. The first-order chi connectivity index (χ1) is 9.06. The summed E-state index contributed by atoms with van der Waals surface area (Å²) in [4.78, 5) is 32.4. The molecule has 6 heteroatoms. The van der Waals surface area contributed by atoms with Crippen molar-refractivity contribution in [2.45, 2.75) is 26.7 Å². The van der Waals surface area contributed by atoms with Crippen LogP contribution in [0.3, 0.4) is 0 Å². The third-order valence-corrected chi connectivity index (χ3v) is 4.89. The summed E-state index contributed by atoms with van der Waals surface area (Å²) in [7, 11) is 0. The van der Waals surface area contributed by atoms with Crippen molar-refractivity contribution in [3.8, 4) is 0 Å². The molecule has 102 valence electrons. The van der Waals surface area contributed by atoms with Crippen LogP contribution in [0.25, 0.3) is 0 Å². The number of aromatic nitrogens is 1. The zero-order chi connectivity index (χ0) is 13.6. The normalized spacial score (nSPS) is 19.4. The van der Waals surface area contributed by atoms with Crippen LogP contribution in [0.2, 0.25) is 0 Å². The molecule has 0 atom stereocenters. The molecule has 1 saturated carbocycles. The van der Waals surface area contributed by atoms with Crippen LogP contribution in [-0.4, -0.2) is 41.3 Å². The highest BCUT2D eigenvalue weighted by atomic mass is 32.1. The molecule has 1 saturated heterocycles. The van der Waals surface area contributed by atoms with Gasteiger partial charge in [0, 0.05) is 26.6 Å². The van der Waals surface area contributed by atoms with E-state index in [0.29, 0.717) is 22.5 Å². The lowest BCUT2D eigenvalue weighted by Gasteiger charge is -2.16. The number of ketones is 1. The van der Waals surface area contributed by atoms with Crippen LogP contribution in [0.15, 0.2) is 0 Å². The lowest BCUT2D eigenvalue weighted by molar-refractivity contribution is 0.102. The van der Waals surface area contributed by atoms with E-state index in [2.05, 4.69) is 4.98 Å². The Morgan fingerprint density at radius 3 is 2.74 bits per heavy atom. The van der Waals surface area contributed by atoms with E-state index in [1.165, 1.54) is 31.1 Å². The van der Waals surface area contributed by atoms with Crippen molar-refractivity contribution in [3.05, 3.63) is 10.6 Å². The Labute approximate surface area is 116 Å². The molecule has 19 heavy (non-hydrogen) atoms. The zero-order valence-corrected chi connectivity index (χ0v) is 12.0. The van der Waals surface area contributed by atoms with E-state index in [9.17, 15) is 9.59 Å². The Bertz CT molecular complexity index is 536. The Kier molecular flexibility index (Phi) is 3.05. The average Bonchev–Trinajstić information content (AvgIpc) is 2.98. The Morgan fingerprint density at radius 1 is 1.42 bits per heavy atom. The van der Waals surface area contributed by atoms with Crippen molar-refractivity contribution < 1.29 is 9.59 Å². The number of rotatable bonds is 4. The van der Waals surface area contributed by atoms with Gasteiger partial charge in [-0.2, -0.15) is 0 Å². The van der Waals surface area contributed by atoms with Gasteiger partial charge in [0.2, 0.25) is 0 Å². The van der Waals surface area contributed by atoms with Gasteiger partial charge in [-0.25, -0.2) is 9.78 Å². The summed E-state index contributed by atoms with van der Waals surface area (Å²) in [6, 6.07) is 0.0377. The predicted octanol–water partition coefficient (Wildman–Crippen LogP) is 2.31. The summed E-state index contributed by atoms with van der Waals surface area (Å²) in [5, 5.41) is 0.658. The standard InChI is InChI=1S/C13H17N3O2S/c1-8-11(9(2)17)19-12(14-8)16-6-5-15(13(16)18)7-10-3-4-10/h10H,3-7H2,1-2H3. The number of carbonyl (C=O) groups excluding carboxylic acids is 2. The number of nitrogens with zero attached hydrogens (tertiary/aromatic N) is 3. The van der Waals surface area contributed by atoms with Crippen molar-refractivity contribution in [1.29, 1.82) is 0 Å². The maximum atomic E-state index is 12.3. The van der Waals surface area contributed by atoms with Crippen LogP contribution >= 0.6 is 11.3 Å². The fourth-order valence-corrected chi connectivity index (χ4v) is 3.35. The number of thiazole rings is 1. The smallest absolute Gasteiger partial charge is 0.322 e. The second kappa shape index (κ2) is 4.59. The number of anilines is 1. The Balaban J connectivity index is 1.77. The molecule has 0 radical (unpaired) electrons. The molecule has 2 fully saturated rings. The maximum Gasteiger partial charge on any atom is 0.326 e. The molecule has 2 aliphatic rings. The van der Waals surface area contributed by atoms with Crippen LogP contribution in [-0.2, 0) is 0 Å². The quantitative estimate of drug-likeness (QED) is 0.795. The fraction of sp³-hybridized carbons (Fsp3) is 0.615. The lowest BCUT2D eigenvalue weighted by atomic mass is 10.3. The van der Waals surface area contributed by atoms with Crippen molar-refractivity contribution in [1.82, 2.24) is 9.88 Å². The molecule has 2 heterocycles.